The summed E-state index contributed by atoms with van der Waals surface area (Å²) in [7, 11) is 4.14. The smallest absolute Gasteiger partial charge is 0.237 e. The molecular weight excluding hydrogens is 204 g/mol. The van der Waals surface area contributed by atoms with Crippen molar-refractivity contribution in [3.05, 3.63) is 0 Å². The molecule has 0 aromatic carbocycles. The molecule has 0 aromatic rings. The van der Waals surface area contributed by atoms with E-state index in [9.17, 15) is 4.79 Å². The largest absolute Gasteiger partial charge is 0.309 e. The first kappa shape index (κ1) is 15.3. The molecule has 5 heteroatoms. The molecule has 0 rings (SSSR count). The van der Waals surface area contributed by atoms with Gasteiger partial charge in [-0.25, -0.2) is 5.84 Å². The van der Waals surface area contributed by atoms with E-state index >= 15 is 0 Å². The Labute approximate surface area is 98.9 Å². The molecule has 0 heterocycles. The molecule has 0 saturated carbocycles. The Morgan fingerprint density at radius 2 is 2.00 bits per heavy atom. The Kier molecular flexibility index (Phi) is 8.15. The van der Waals surface area contributed by atoms with Crippen LogP contribution in [0.25, 0.3) is 0 Å². The topological polar surface area (TPSA) is 61.6 Å². The van der Waals surface area contributed by atoms with Crippen LogP contribution in [0, 0.1) is 5.92 Å². The molecule has 0 aliphatic rings. The van der Waals surface area contributed by atoms with Crippen LogP contribution in [0.3, 0.4) is 0 Å². The summed E-state index contributed by atoms with van der Waals surface area (Å²) in [4.78, 5) is 15.7. The summed E-state index contributed by atoms with van der Waals surface area (Å²) in [5.41, 5.74) is 2.19. The van der Waals surface area contributed by atoms with E-state index < -0.39 is 0 Å². The van der Waals surface area contributed by atoms with Gasteiger partial charge >= 0.3 is 0 Å². The van der Waals surface area contributed by atoms with Crippen LogP contribution in [0.5, 0.6) is 0 Å². The average Bonchev–Trinajstić information content (AvgIpc) is 2.25. The van der Waals surface area contributed by atoms with E-state index in [1.807, 2.05) is 6.92 Å². The van der Waals surface area contributed by atoms with Crippen LogP contribution in [-0.2, 0) is 4.79 Å². The summed E-state index contributed by atoms with van der Waals surface area (Å²) in [6, 6.07) is 0. The van der Waals surface area contributed by atoms with Crippen molar-refractivity contribution in [3.63, 3.8) is 0 Å². The lowest BCUT2D eigenvalue weighted by molar-refractivity contribution is -0.125. The lowest BCUT2D eigenvalue weighted by Gasteiger charge is -2.24. The number of nitrogens with two attached hydrogens (primary N) is 1. The molecule has 0 fully saturated rings. The van der Waals surface area contributed by atoms with Gasteiger partial charge in [-0.3, -0.25) is 10.2 Å². The summed E-state index contributed by atoms with van der Waals surface area (Å²) in [6.07, 6.45) is 1.12. The number of amides is 1. The van der Waals surface area contributed by atoms with Gasteiger partial charge in [0.2, 0.25) is 5.91 Å². The van der Waals surface area contributed by atoms with Crippen molar-refractivity contribution in [1.29, 1.82) is 0 Å². The highest BCUT2D eigenvalue weighted by atomic mass is 16.2. The van der Waals surface area contributed by atoms with Crippen LogP contribution < -0.4 is 11.3 Å². The number of carbonyl (C=O) groups is 1. The quantitative estimate of drug-likeness (QED) is 0.347. The summed E-state index contributed by atoms with van der Waals surface area (Å²) in [5, 5.41) is 0. The maximum Gasteiger partial charge on any atom is 0.237 e. The van der Waals surface area contributed by atoms with Gasteiger partial charge in [-0.15, -0.1) is 0 Å². The lowest BCUT2D eigenvalue weighted by Crippen LogP contribution is -2.41. The van der Waals surface area contributed by atoms with Crippen LogP contribution in [0.4, 0.5) is 0 Å². The van der Waals surface area contributed by atoms with Crippen molar-refractivity contribution in [2.24, 2.45) is 11.8 Å². The van der Waals surface area contributed by atoms with Crippen LogP contribution in [0.1, 0.15) is 20.3 Å². The Morgan fingerprint density at radius 1 is 1.38 bits per heavy atom. The van der Waals surface area contributed by atoms with Gasteiger partial charge in [-0.1, -0.05) is 13.8 Å². The van der Waals surface area contributed by atoms with E-state index in [1.54, 1.807) is 0 Å². The number of carbonyl (C=O) groups excluding carboxylic acids is 1. The Morgan fingerprint density at radius 3 is 2.44 bits per heavy atom. The molecule has 0 bridgehead atoms. The fraction of sp³-hybridized carbons (Fsp3) is 0.909. The minimum Gasteiger partial charge on any atom is -0.309 e. The number of rotatable bonds is 8. The summed E-state index contributed by atoms with van der Waals surface area (Å²) in [5.74, 6) is 4.96. The van der Waals surface area contributed by atoms with Gasteiger partial charge in [0.15, 0.2) is 0 Å². The van der Waals surface area contributed by atoms with Gasteiger partial charge in [-0.05, 0) is 40.2 Å². The standard InChI is InChI=1S/C11H26N4O/c1-5-15(8-6-7-14(3)4)9-10(2)11(16)13-12/h10H,5-9,12H2,1-4H3,(H,13,16). The third-order valence-electron chi connectivity index (χ3n) is 2.65. The highest BCUT2D eigenvalue weighted by molar-refractivity contribution is 5.77. The molecule has 0 aliphatic carbocycles. The number of hydrogen-bond acceptors (Lipinski definition) is 4. The predicted molar refractivity (Wildman–Crippen MR) is 66.8 cm³/mol. The second kappa shape index (κ2) is 8.50. The minimum absolute atomic E-state index is 0.0516. The maximum absolute atomic E-state index is 11.3. The normalized spacial score (nSPS) is 13.2. The molecule has 3 N–H and O–H groups in total. The summed E-state index contributed by atoms with van der Waals surface area (Å²) in [6.45, 7) is 7.85. The van der Waals surface area contributed by atoms with Crippen molar-refractivity contribution in [2.45, 2.75) is 20.3 Å². The molecule has 5 nitrogen and oxygen atoms in total. The van der Waals surface area contributed by atoms with Crippen molar-refractivity contribution in [3.8, 4) is 0 Å². The van der Waals surface area contributed by atoms with Gasteiger partial charge in [0, 0.05) is 12.5 Å². The zero-order chi connectivity index (χ0) is 12.6. The highest BCUT2D eigenvalue weighted by Crippen LogP contribution is 2.01. The van der Waals surface area contributed by atoms with Crippen molar-refractivity contribution in [2.75, 3.05) is 40.3 Å². The molecule has 0 saturated heterocycles. The van der Waals surface area contributed by atoms with E-state index in [-0.39, 0.29) is 11.8 Å². The van der Waals surface area contributed by atoms with Crippen molar-refractivity contribution in [1.82, 2.24) is 15.2 Å². The second-order valence-corrected chi connectivity index (χ2v) is 4.46. The first-order valence-electron chi connectivity index (χ1n) is 5.88. The van der Waals surface area contributed by atoms with Gasteiger partial charge in [-0.2, -0.15) is 0 Å². The first-order chi connectivity index (χ1) is 7.51. The Hall–Kier alpha value is -0.650. The monoisotopic (exact) mass is 230 g/mol. The van der Waals surface area contributed by atoms with E-state index in [1.165, 1.54) is 0 Å². The van der Waals surface area contributed by atoms with Gasteiger partial charge in [0.1, 0.15) is 0 Å². The lowest BCUT2D eigenvalue weighted by atomic mass is 10.1. The summed E-state index contributed by atoms with van der Waals surface area (Å²) >= 11 is 0. The van der Waals surface area contributed by atoms with Gasteiger partial charge < -0.3 is 9.80 Å². The van der Waals surface area contributed by atoms with Crippen LogP contribution >= 0.6 is 0 Å². The fourth-order valence-electron chi connectivity index (χ4n) is 1.60. The molecule has 1 amide bonds. The maximum atomic E-state index is 11.3. The van der Waals surface area contributed by atoms with Crippen LogP contribution in [0.15, 0.2) is 0 Å². The Balaban J connectivity index is 3.86. The van der Waals surface area contributed by atoms with E-state index in [4.69, 9.17) is 5.84 Å². The van der Waals surface area contributed by atoms with Gasteiger partial charge in [0.05, 0.1) is 0 Å². The predicted octanol–water partition coefficient (Wildman–Crippen LogP) is -0.114. The van der Waals surface area contributed by atoms with E-state index in [0.717, 1.165) is 32.6 Å². The summed E-state index contributed by atoms with van der Waals surface area (Å²) < 4.78 is 0. The molecule has 0 spiro atoms. The zero-order valence-corrected chi connectivity index (χ0v) is 11.0. The third-order valence-corrected chi connectivity index (χ3v) is 2.65. The van der Waals surface area contributed by atoms with E-state index in [2.05, 4.69) is 36.2 Å². The highest BCUT2D eigenvalue weighted by Gasteiger charge is 2.14. The average molecular weight is 230 g/mol. The van der Waals surface area contributed by atoms with Crippen molar-refractivity contribution < 1.29 is 4.79 Å². The van der Waals surface area contributed by atoms with Crippen LogP contribution in [-0.4, -0.2) is 56.0 Å². The molecule has 1 atom stereocenters. The zero-order valence-electron chi connectivity index (χ0n) is 11.0. The fourth-order valence-corrected chi connectivity index (χ4v) is 1.60. The third kappa shape index (κ3) is 6.76. The molecular formula is C11H26N4O. The molecule has 96 valence electrons. The second-order valence-electron chi connectivity index (χ2n) is 4.46. The molecule has 0 aromatic heterocycles. The first-order valence-corrected chi connectivity index (χ1v) is 5.88. The van der Waals surface area contributed by atoms with Crippen molar-refractivity contribution >= 4 is 5.91 Å². The number of nitrogens with one attached hydrogen (secondary N) is 1. The molecule has 0 aliphatic heterocycles. The number of hydrazine groups is 1. The molecule has 1 unspecified atom stereocenters. The number of hydrogen-bond donors (Lipinski definition) is 2. The molecule has 16 heavy (non-hydrogen) atoms. The SMILES string of the molecule is CCN(CCCN(C)C)CC(C)C(=O)NN. The van der Waals surface area contributed by atoms with Crippen LogP contribution in [0.2, 0.25) is 0 Å². The number of nitrogens with zero attached hydrogens (tertiary/aromatic N) is 2. The minimum atomic E-state index is -0.0916. The van der Waals surface area contributed by atoms with E-state index in [0.29, 0.717) is 0 Å². The van der Waals surface area contributed by atoms with Gasteiger partial charge in [0.25, 0.3) is 0 Å². The Bertz CT molecular complexity index is 196. The molecule has 0 radical (unpaired) electrons.